The summed E-state index contributed by atoms with van der Waals surface area (Å²) >= 11 is 0. The van der Waals surface area contributed by atoms with E-state index in [1.54, 1.807) is 0 Å². The van der Waals surface area contributed by atoms with Gasteiger partial charge in [0.05, 0.1) is 0 Å². The molecule has 2 aliphatic rings. The Morgan fingerprint density at radius 1 is 1.04 bits per heavy atom. The highest BCUT2D eigenvalue weighted by Gasteiger charge is 2.25. The number of rotatable bonds is 6. The SMILES string of the molecule is O=C(Nc1ccc(N2CCN(C/C=C/c3ccccc3)CC2)nn1)C1CCC1. The van der Waals surface area contributed by atoms with Gasteiger partial charge in [-0.1, -0.05) is 48.9 Å². The van der Waals surface area contributed by atoms with Crippen molar-refractivity contribution in [3.05, 3.63) is 54.1 Å². The summed E-state index contributed by atoms with van der Waals surface area (Å²) in [6.07, 6.45) is 7.53. The third-order valence-electron chi connectivity index (χ3n) is 5.55. The molecule has 0 atom stereocenters. The van der Waals surface area contributed by atoms with Crippen molar-refractivity contribution in [1.29, 1.82) is 0 Å². The number of hydrogen-bond acceptors (Lipinski definition) is 5. The van der Waals surface area contributed by atoms with E-state index in [9.17, 15) is 4.79 Å². The summed E-state index contributed by atoms with van der Waals surface area (Å²) in [6, 6.07) is 14.2. The minimum Gasteiger partial charge on any atom is -0.353 e. The summed E-state index contributed by atoms with van der Waals surface area (Å²) in [5.41, 5.74) is 1.24. The molecule has 1 amide bonds. The Balaban J connectivity index is 1.23. The van der Waals surface area contributed by atoms with Crippen LogP contribution in [0.3, 0.4) is 0 Å². The number of amides is 1. The Bertz CT molecular complexity index is 793. The molecule has 2 aromatic rings. The highest BCUT2D eigenvalue weighted by molar-refractivity contribution is 5.92. The summed E-state index contributed by atoms with van der Waals surface area (Å²) in [5, 5.41) is 11.4. The van der Waals surface area contributed by atoms with Crippen LogP contribution in [0.5, 0.6) is 0 Å². The van der Waals surface area contributed by atoms with Gasteiger partial charge in [-0.15, -0.1) is 10.2 Å². The smallest absolute Gasteiger partial charge is 0.228 e. The van der Waals surface area contributed by atoms with Gasteiger partial charge in [0.25, 0.3) is 0 Å². The van der Waals surface area contributed by atoms with Crippen LogP contribution in [-0.2, 0) is 4.79 Å². The first kappa shape index (κ1) is 18.6. The van der Waals surface area contributed by atoms with E-state index < -0.39 is 0 Å². The summed E-state index contributed by atoms with van der Waals surface area (Å²) < 4.78 is 0. The first-order chi connectivity index (χ1) is 13.8. The summed E-state index contributed by atoms with van der Waals surface area (Å²) in [7, 11) is 0. The number of nitrogens with zero attached hydrogens (tertiary/aromatic N) is 4. The van der Waals surface area contributed by atoms with Crippen LogP contribution in [0.15, 0.2) is 48.5 Å². The fourth-order valence-electron chi connectivity index (χ4n) is 3.52. The highest BCUT2D eigenvalue weighted by Crippen LogP contribution is 2.27. The zero-order valence-electron chi connectivity index (χ0n) is 16.1. The number of aromatic nitrogens is 2. The predicted octanol–water partition coefficient (Wildman–Crippen LogP) is 3.05. The van der Waals surface area contributed by atoms with E-state index in [0.29, 0.717) is 5.82 Å². The molecule has 0 unspecified atom stereocenters. The van der Waals surface area contributed by atoms with Gasteiger partial charge in [-0.2, -0.15) is 0 Å². The molecule has 1 aliphatic heterocycles. The van der Waals surface area contributed by atoms with Gasteiger partial charge < -0.3 is 10.2 Å². The maximum Gasteiger partial charge on any atom is 0.228 e. The number of nitrogens with one attached hydrogen (secondary N) is 1. The van der Waals surface area contributed by atoms with Crippen LogP contribution in [-0.4, -0.2) is 53.7 Å². The third-order valence-corrected chi connectivity index (χ3v) is 5.55. The third kappa shape index (κ3) is 4.75. The standard InChI is InChI=1S/C22H27N5O/c28-22(19-9-4-10-19)23-20-11-12-21(25-24-20)27-16-14-26(15-17-27)13-5-8-18-6-2-1-3-7-18/h1-3,5-8,11-12,19H,4,9-10,13-17H2,(H,23,24,28)/b8-5+. The van der Waals surface area contributed by atoms with Crippen molar-refractivity contribution in [2.24, 2.45) is 5.92 Å². The van der Waals surface area contributed by atoms with Crippen LogP contribution in [0, 0.1) is 5.92 Å². The second-order valence-electron chi connectivity index (χ2n) is 7.49. The van der Waals surface area contributed by atoms with Crippen LogP contribution in [0.1, 0.15) is 24.8 Å². The van der Waals surface area contributed by atoms with Gasteiger partial charge in [-0.3, -0.25) is 9.69 Å². The average Bonchev–Trinajstić information content (AvgIpc) is 2.69. The van der Waals surface area contributed by atoms with Crippen molar-refractivity contribution in [1.82, 2.24) is 15.1 Å². The van der Waals surface area contributed by atoms with Gasteiger partial charge in [-0.05, 0) is 30.5 Å². The monoisotopic (exact) mass is 377 g/mol. The van der Waals surface area contributed by atoms with Crippen molar-refractivity contribution in [2.75, 3.05) is 42.9 Å². The molecule has 146 valence electrons. The van der Waals surface area contributed by atoms with Gasteiger partial charge >= 0.3 is 0 Å². The molecule has 28 heavy (non-hydrogen) atoms. The van der Waals surface area contributed by atoms with Gasteiger partial charge in [0.15, 0.2) is 11.6 Å². The molecule has 1 aromatic carbocycles. The van der Waals surface area contributed by atoms with E-state index in [2.05, 4.69) is 61.7 Å². The largest absolute Gasteiger partial charge is 0.353 e. The number of benzene rings is 1. The lowest BCUT2D eigenvalue weighted by Crippen LogP contribution is -2.46. The second kappa shape index (κ2) is 8.97. The lowest BCUT2D eigenvalue weighted by Gasteiger charge is -2.34. The Morgan fingerprint density at radius 3 is 2.46 bits per heavy atom. The average molecular weight is 377 g/mol. The van der Waals surface area contributed by atoms with Gasteiger partial charge in [0, 0.05) is 38.6 Å². The molecular weight excluding hydrogens is 350 g/mol. The van der Waals surface area contributed by atoms with Gasteiger partial charge in [-0.25, -0.2) is 0 Å². The van der Waals surface area contributed by atoms with Crippen LogP contribution in [0.4, 0.5) is 11.6 Å². The van der Waals surface area contributed by atoms with E-state index in [1.807, 2.05) is 18.2 Å². The molecule has 0 spiro atoms. The molecular formula is C22H27N5O. The first-order valence-electron chi connectivity index (χ1n) is 10.1. The zero-order chi connectivity index (χ0) is 19.2. The van der Waals surface area contributed by atoms with Crippen molar-refractivity contribution >= 4 is 23.6 Å². The Kier molecular flexibility index (Phi) is 5.97. The Labute approximate surface area is 166 Å². The zero-order valence-corrected chi connectivity index (χ0v) is 16.1. The van der Waals surface area contributed by atoms with Crippen LogP contribution in [0.25, 0.3) is 6.08 Å². The number of carbonyl (C=O) groups is 1. The quantitative estimate of drug-likeness (QED) is 0.838. The summed E-state index contributed by atoms with van der Waals surface area (Å²) in [6.45, 7) is 4.83. The van der Waals surface area contributed by atoms with Gasteiger partial charge in [0.1, 0.15) is 0 Å². The van der Waals surface area contributed by atoms with E-state index in [4.69, 9.17) is 0 Å². The molecule has 1 saturated carbocycles. The predicted molar refractivity (Wildman–Crippen MR) is 112 cm³/mol. The van der Waals surface area contributed by atoms with Crippen LogP contribution >= 0.6 is 0 Å². The van der Waals surface area contributed by atoms with Crippen LogP contribution in [0.2, 0.25) is 0 Å². The molecule has 0 radical (unpaired) electrons. The molecule has 1 aliphatic carbocycles. The molecule has 1 N–H and O–H groups in total. The number of piperazine rings is 1. The molecule has 6 nitrogen and oxygen atoms in total. The minimum atomic E-state index is 0.0745. The normalized spacial score (nSPS) is 18.2. The Hall–Kier alpha value is -2.73. The van der Waals surface area contributed by atoms with E-state index in [-0.39, 0.29) is 11.8 Å². The van der Waals surface area contributed by atoms with Crippen molar-refractivity contribution < 1.29 is 4.79 Å². The Morgan fingerprint density at radius 2 is 1.82 bits per heavy atom. The maximum atomic E-state index is 12.0. The topological polar surface area (TPSA) is 61.4 Å². The van der Waals surface area contributed by atoms with E-state index >= 15 is 0 Å². The van der Waals surface area contributed by atoms with Crippen LogP contribution < -0.4 is 10.2 Å². The van der Waals surface area contributed by atoms with Crippen molar-refractivity contribution in [2.45, 2.75) is 19.3 Å². The minimum absolute atomic E-state index is 0.0745. The van der Waals surface area contributed by atoms with Crippen molar-refractivity contribution in [3.8, 4) is 0 Å². The second-order valence-corrected chi connectivity index (χ2v) is 7.49. The number of hydrogen-bond donors (Lipinski definition) is 1. The van der Waals surface area contributed by atoms with Gasteiger partial charge in [0.2, 0.25) is 5.91 Å². The molecule has 6 heteroatoms. The maximum absolute atomic E-state index is 12.0. The first-order valence-corrected chi connectivity index (χ1v) is 10.1. The summed E-state index contributed by atoms with van der Waals surface area (Å²) in [5.74, 6) is 1.66. The molecule has 4 rings (SSSR count). The van der Waals surface area contributed by atoms with E-state index in [1.165, 1.54) is 5.56 Å². The fraction of sp³-hybridized carbons (Fsp3) is 0.409. The lowest BCUT2D eigenvalue weighted by atomic mass is 9.85. The fourth-order valence-corrected chi connectivity index (χ4v) is 3.52. The molecule has 1 saturated heterocycles. The number of anilines is 2. The highest BCUT2D eigenvalue weighted by atomic mass is 16.2. The summed E-state index contributed by atoms with van der Waals surface area (Å²) in [4.78, 5) is 16.7. The van der Waals surface area contributed by atoms with Crippen molar-refractivity contribution in [3.63, 3.8) is 0 Å². The molecule has 0 bridgehead atoms. The molecule has 2 fully saturated rings. The number of carbonyl (C=O) groups excluding carboxylic acids is 1. The van der Waals surface area contributed by atoms with E-state index in [0.717, 1.165) is 57.8 Å². The molecule has 1 aromatic heterocycles. The molecule has 2 heterocycles. The lowest BCUT2D eigenvalue weighted by molar-refractivity contribution is -0.122.